The van der Waals surface area contributed by atoms with Gasteiger partial charge < -0.3 is 4.74 Å². The van der Waals surface area contributed by atoms with Crippen LogP contribution in [0.1, 0.15) is 5.56 Å². The first kappa shape index (κ1) is 17.2. The summed E-state index contributed by atoms with van der Waals surface area (Å²) in [5, 5.41) is 1.75. The zero-order valence-corrected chi connectivity index (χ0v) is 15.2. The van der Waals surface area contributed by atoms with Gasteiger partial charge in [0.25, 0.3) is 5.56 Å². The van der Waals surface area contributed by atoms with E-state index in [0.717, 1.165) is 10.1 Å². The summed E-state index contributed by atoms with van der Waals surface area (Å²) in [7, 11) is 1.57. The SMILES string of the molecule is COc1cccc(Cn2c(=O)n(-c3ccccc3F)c(=O)c3sccc32)c1. The molecule has 2 aromatic heterocycles. The van der Waals surface area contributed by atoms with Gasteiger partial charge in [0, 0.05) is 0 Å². The number of hydrogen-bond donors (Lipinski definition) is 0. The zero-order valence-electron chi connectivity index (χ0n) is 14.4. The smallest absolute Gasteiger partial charge is 0.336 e. The van der Waals surface area contributed by atoms with Crippen molar-refractivity contribution in [2.45, 2.75) is 6.54 Å². The van der Waals surface area contributed by atoms with Crippen LogP contribution in [0, 0.1) is 5.82 Å². The van der Waals surface area contributed by atoms with Crippen LogP contribution in [-0.4, -0.2) is 16.2 Å². The van der Waals surface area contributed by atoms with E-state index >= 15 is 0 Å². The van der Waals surface area contributed by atoms with Gasteiger partial charge in [0.1, 0.15) is 16.3 Å². The van der Waals surface area contributed by atoms with Crippen molar-refractivity contribution in [2.24, 2.45) is 0 Å². The molecule has 0 amide bonds. The number of rotatable bonds is 4. The highest BCUT2D eigenvalue weighted by molar-refractivity contribution is 7.17. The molecular weight excluding hydrogens is 367 g/mol. The Balaban J connectivity index is 1.98. The molecule has 0 bridgehead atoms. The van der Waals surface area contributed by atoms with E-state index in [1.165, 1.54) is 34.1 Å². The van der Waals surface area contributed by atoms with Crippen LogP contribution in [0.5, 0.6) is 5.75 Å². The van der Waals surface area contributed by atoms with Gasteiger partial charge in [0.15, 0.2) is 0 Å². The molecule has 0 radical (unpaired) electrons. The van der Waals surface area contributed by atoms with Crippen LogP contribution in [0.3, 0.4) is 0 Å². The molecule has 0 saturated heterocycles. The number of benzene rings is 2. The summed E-state index contributed by atoms with van der Waals surface area (Å²) >= 11 is 1.23. The van der Waals surface area contributed by atoms with Gasteiger partial charge >= 0.3 is 5.69 Å². The van der Waals surface area contributed by atoms with Crippen molar-refractivity contribution in [3.05, 3.63) is 92.2 Å². The lowest BCUT2D eigenvalue weighted by Crippen LogP contribution is -2.39. The third kappa shape index (κ3) is 2.96. The number of ether oxygens (including phenoxy) is 1. The van der Waals surface area contributed by atoms with E-state index in [-0.39, 0.29) is 12.2 Å². The molecule has 0 unspecified atom stereocenters. The fourth-order valence-corrected chi connectivity index (χ4v) is 3.86. The van der Waals surface area contributed by atoms with E-state index in [9.17, 15) is 14.0 Å². The van der Waals surface area contributed by atoms with Crippen molar-refractivity contribution in [1.82, 2.24) is 9.13 Å². The minimum Gasteiger partial charge on any atom is -0.497 e. The predicted molar refractivity (Wildman–Crippen MR) is 104 cm³/mol. The Labute approximate surface area is 157 Å². The Morgan fingerprint density at radius 2 is 1.89 bits per heavy atom. The van der Waals surface area contributed by atoms with Gasteiger partial charge in [-0.05, 0) is 41.3 Å². The van der Waals surface area contributed by atoms with Crippen molar-refractivity contribution in [3.63, 3.8) is 0 Å². The zero-order chi connectivity index (χ0) is 19.0. The lowest BCUT2D eigenvalue weighted by Gasteiger charge is -2.13. The maximum absolute atomic E-state index is 14.3. The number of para-hydroxylation sites is 1. The maximum atomic E-state index is 14.3. The quantitative estimate of drug-likeness (QED) is 0.544. The summed E-state index contributed by atoms with van der Waals surface area (Å²) in [6.07, 6.45) is 0. The van der Waals surface area contributed by atoms with Crippen molar-refractivity contribution in [1.29, 1.82) is 0 Å². The van der Waals surface area contributed by atoms with Gasteiger partial charge in [-0.2, -0.15) is 0 Å². The fourth-order valence-electron chi connectivity index (χ4n) is 3.04. The minimum absolute atomic E-state index is 0.0535. The Bertz CT molecular complexity index is 1260. The molecule has 0 fully saturated rings. The molecule has 2 aromatic carbocycles. The number of thiophene rings is 1. The second-order valence-corrected chi connectivity index (χ2v) is 6.86. The normalized spacial score (nSPS) is 11.0. The van der Waals surface area contributed by atoms with Crippen molar-refractivity contribution < 1.29 is 9.13 Å². The van der Waals surface area contributed by atoms with Crippen LogP contribution in [0.4, 0.5) is 4.39 Å². The lowest BCUT2D eigenvalue weighted by atomic mass is 10.2. The van der Waals surface area contributed by atoms with Crippen molar-refractivity contribution in [2.75, 3.05) is 7.11 Å². The largest absolute Gasteiger partial charge is 0.497 e. The van der Waals surface area contributed by atoms with E-state index in [1.807, 2.05) is 24.3 Å². The first-order chi connectivity index (χ1) is 13.1. The molecule has 5 nitrogen and oxygen atoms in total. The number of nitrogens with zero attached hydrogens (tertiary/aromatic N) is 2. The van der Waals surface area contributed by atoms with Crippen LogP contribution < -0.4 is 16.0 Å². The van der Waals surface area contributed by atoms with Crippen LogP contribution in [0.2, 0.25) is 0 Å². The summed E-state index contributed by atoms with van der Waals surface area (Å²) in [6.45, 7) is 0.234. The molecule has 2 heterocycles. The van der Waals surface area contributed by atoms with Gasteiger partial charge in [0.2, 0.25) is 0 Å². The molecule has 4 aromatic rings. The molecule has 4 rings (SSSR count). The van der Waals surface area contributed by atoms with Gasteiger partial charge in [-0.15, -0.1) is 11.3 Å². The van der Waals surface area contributed by atoms with E-state index in [4.69, 9.17) is 4.74 Å². The number of halogens is 1. The van der Waals surface area contributed by atoms with Crippen LogP contribution in [0.25, 0.3) is 15.9 Å². The maximum Gasteiger partial charge on any atom is 0.336 e. The highest BCUT2D eigenvalue weighted by atomic mass is 32.1. The standard InChI is InChI=1S/C20H15FN2O3S/c1-26-14-6-4-5-13(11-14)12-22-17-9-10-27-18(17)19(24)23(20(22)25)16-8-3-2-7-15(16)21/h2-11H,12H2,1H3. The van der Waals surface area contributed by atoms with Gasteiger partial charge in [-0.3, -0.25) is 9.36 Å². The molecule has 0 saturated carbocycles. The molecular formula is C20H15FN2O3S. The summed E-state index contributed by atoms with van der Waals surface area (Å²) < 4.78 is 22.3. The number of fused-ring (bicyclic) bond motifs is 1. The van der Waals surface area contributed by atoms with Crippen LogP contribution in [-0.2, 0) is 6.54 Å². The topological polar surface area (TPSA) is 53.2 Å². The Kier molecular flexibility index (Phi) is 4.37. The number of hydrogen-bond acceptors (Lipinski definition) is 4. The summed E-state index contributed by atoms with van der Waals surface area (Å²) in [5.41, 5.74) is 0.214. The van der Waals surface area contributed by atoms with Crippen LogP contribution in [0.15, 0.2) is 69.6 Å². The van der Waals surface area contributed by atoms with Gasteiger partial charge in [-0.25, -0.2) is 13.8 Å². The molecule has 136 valence electrons. The Hall–Kier alpha value is -3.19. The fraction of sp³-hybridized carbons (Fsp3) is 0.100. The van der Waals surface area contributed by atoms with Crippen molar-refractivity contribution in [3.8, 4) is 11.4 Å². The third-order valence-corrected chi connectivity index (χ3v) is 5.21. The Morgan fingerprint density at radius 3 is 2.67 bits per heavy atom. The summed E-state index contributed by atoms with van der Waals surface area (Å²) in [5.74, 6) is 0.0464. The van der Waals surface area contributed by atoms with Crippen molar-refractivity contribution >= 4 is 21.6 Å². The van der Waals surface area contributed by atoms with Crippen LogP contribution >= 0.6 is 11.3 Å². The molecule has 0 aliphatic carbocycles. The molecule has 0 N–H and O–H groups in total. The molecule has 27 heavy (non-hydrogen) atoms. The lowest BCUT2D eigenvalue weighted by molar-refractivity contribution is 0.414. The average molecular weight is 382 g/mol. The van der Waals surface area contributed by atoms with Gasteiger partial charge in [-0.1, -0.05) is 24.3 Å². The molecule has 0 atom stereocenters. The molecule has 7 heteroatoms. The average Bonchev–Trinajstić information content (AvgIpc) is 3.17. The molecule has 0 spiro atoms. The second kappa shape index (κ2) is 6.85. The second-order valence-electron chi connectivity index (χ2n) is 5.95. The first-order valence-electron chi connectivity index (χ1n) is 8.21. The summed E-state index contributed by atoms with van der Waals surface area (Å²) in [6, 6.07) is 14.8. The number of methoxy groups -OCH3 is 1. The van der Waals surface area contributed by atoms with E-state index in [0.29, 0.717) is 16.0 Å². The molecule has 0 aliphatic heterocycles. The third-order valence-electron chi connectivity index (χ3n) is 4.32. The van der Waals surface area contributed by atoms with E-state index in [2.05, 4.69) is 0 Å². The first-order valence-corrected chi connectivity index (χ1v) is 9.09. The highest BCUT2D eigenvalue weighted by Gasteiger charge is 2.17. The Morgan fingerprint density at radius 1 is 1.07 bits per heavy atom. The highest BCUT2D eigenvalue weighted by Crippen LogP contribution is 2.19. The van der Waals surface area contributed by atoms with Gasteiger partial charge in [0.05, 0.1) is 24.9 Å². The van der Waals surface area contributed by atoms with E-state index in [1.54, 1.807) is 24.6 Å². The monoisotopic (exact) mass is 382 g/mol. The van der Waals surface area contributed by atoms with E-state index < -0.39 is 17.1 Å². The summed E-state index contributed by atoms with van der Waals surface area (Å²) in [4.78, 5) is 26.0. The molecule has 0 aliphatic rings. The number of aromatic nitrogens is 2. The minimum atomic E-state index is -0.625. The predicted octanol–water partition coefficient (Wildman–Crippen LogP) is 3.41.